The van der Waals surface area contributed by atoms with Crippen LogP contribution in [0.3, 0.4) is 0 Å². The van der Waals surface area contributed by atoms with E-state index in [1.807, 2.05) is 0 Å². The number of primary amides is 1. The number of para-hydroxylation sites is 1. The van der Waals surface area contributed by atoms with Gasteiger partial charge < -0.3 is 19.6 Å². The molecule has 0 aliphatic rings. The van der Waals surface area contributed by atoms with E-state index in [0.717, 1.165) is 10.7 Å². The largest absolute Gasteiger partial charge is 0.493 e. The number of hydrogen-bond donors (Lipinski definition) is 1. The number of nitro groups is 1. The van der Waals surface area contributed by atoms with E-state index >= 15 is 0 Å². The van der Waals surface area contributed by atoms with E-state index in [9.17, 15) is 19.7 Å². The van der Waals surface area contributed by atoms with Crippen molar-refractivity contribution < 1.29 is 23.6 Å². The second kappa shape index (κ2) is 10.3. The van der Waals surface area contributed by atoms with Gasteiger partial charge in [-0.25, -0.2) is 4.98 Å². The van der Waals surface area contributed by atoms with Crippen molar-refractivity contribution in [2.75, 3.05) is 13.7 Å². The molecule has 2 N–H and O–H groups in total. The Morgan fingerprint density at radius 3 is 2.77 bits per heavy atom. The van der Waals surface area contributed by atoms with E-state index in [1.54, 1.807) is 48.5 Å². The summed E-state index contributed by atoms with van der Waals surface area (Å²) in [6.07, 6.45) is 1.23. The molecule has 0 spiro atoms. The van der Waals surface area contributed by atoms with Gasteiger partial charge in [-0.3, -0.25) is 19.7 Å². The number of amides is 1. The second-order valence-corrected chi connectivity index (χ2v) is 8.63. The van der Waals surface area contributed by atoms with Crippen LogP contribution in [-0.4, -0.2) is 40.4 Å². The molecule has 196 valence electrons. The zero-order valence-corrected chi connectivity index (χ0v) is 20.9. The van der Waals surface area contributed by atoms with Gasteiger partial charge in [0.15, 0.2) is 18.1 Å². The van der Waals surface area contributed by atoms with Crippen LogP contribution in [0.2, 0.25) is 5.02 Å². The van der Waals surface area contributed by atoms with E-state index in [4.69, 9.17) is 31.2 Å². The van der Waals surface area contributed by atoms with E-state index in [0.29, 0.717) is 26.9 Å². The van der Waals surface area contributed by atoms with E-state index < -0.39 is 28.7 Å². The van der Waals surface area contributed by atoms with Crippen molar-refractivity contribution in [1.29, 1.82) is 0 Å². The van der Waals surface area contributed by atoms with Gasteiger partial charge in [0, 0.05) is 22.0 Å². The van der Waals surface area contributed by atoms with Gasteiger partial charge in [0.1, 0.15) is 5.58 Å². The lowest BCUT2D eigenvalue weighted by Crippen LogP contribution is -2.21. The molecule has 0 atom stereocenters. The fraction of sp³-hybridized carbons (Fsp3) is 0.0769. The average Bonchev–Trinajstić information content (AvgIpc) is 3.34. The van der Waals surface area contributed by atoms with E-state index in [-0.39, 0.29) is 28.6 Å². The van der Waals surface area contributed by atoms with Crippen LogP contribution in [0.4, 0.5) is 5.69 Å². The van der Waals surface area contributed by atoms with Gasteiger partial charge in [0.2, 0.25) is 11.6 Å². The molecule has 2 heterocycles. The molecule has 0 fully saturated rings. The topological polar surface area (TPSA) is 165 Å². The molecular formula is C26H18ClN5O7. The number of furan rings is 1. The maximum absolute atomic E-state index is 13.5. The Morgan fingerprint density at radius 1 is 1.23 bits per heavy atom. The first-order valence-corrected chi connectivity index (χ1v) is 11.7. The molecule has 0 bridgehead atoms. The molecule has 1 amide bonds. The zero-order valence-electron chi connectivity index (χ0n) is 20.2. The summed E-state index contributed by atoms with van der Waals surface area (Å²) >= 11 is 6.11. The smallest absolute Gasteiger partial charge is 0.315 e. The van der Waals surface area contributed by atoms with Crippen molar-refractivity contribution >= 4 is 51.3 Å². The summed E-state index contributed by atoms with van der Waals surface area (Å²) in [6.45, 7) is -0.588. The van der Waals surface area contributed by atoms with Crippen LogP contribution in [0, 0.1) is 10.1 Å². The predicted molar refractivity (Wildman–Crippen MR) is 144 cm³/mol. The number of rotatable bonds is 8. The average molecular weight is 548 g/mol. The van der Waals surface area contributed by atoms with Crippen LogP contribution in [0.1, 0.15) is 5.56 Å². The highest BCUT2D eigenvalue weighted by molar-refractivity contribution is 6.31. The second-order valence-electron chi connectivity index (χ2n) is 8.19. The first kappa shape index (κ1) is 25.4. The molecule has 13 heteroatoms. The third-order valence-electron chi connectivity index (χ3n) is 5.61. The fourth-order valence-corrected chi connectivity index (χ4v) is 4.08. The maximum Gasteiger partial charge on any atom is 0.315 e. The quantitative estimate of drug-likeness (QED) is 0.172. The molecule has 3 aromatic carbocycles. The molecule has 5 rings (SSSR count). The summed E-state index contributed by atoms with van der Waals surface area (Å²) in [4.78, 5) is 40.2. The summed E-state index contributed by atoms with van der Waals surface area (Å²) in [6, 6.07) is 16.1. The Balaban J connectivity index is 1.67. The lowest BCUT2D eigenvalue weighted by molar-refractivity contribution is -0.385. The Morgan fingerprint density at radius 2 is 2.03 bits per heavy atom. The number of hydrogen-bond acceptors (Lipinski definition) is 9. The molecule has 0 saturated heterocycles. The predicted octanol–water partition coefficient (Wildman–Crippen LogP) is 4.13. The third kappa shape index (κ3) is 5.00. The maximum atomic E-state index is 13.5. The van der Waals surface area contributed by atoms with Crippen LogP contribution >= 0.6 is 11.6 Å². The van der Waals surface area contributed by atoms with Gasteiger partial charge in [-0.05, 0) is 42.5 Å². The van der Waals surface area contributed by atoms with Crippen molar-refractivity contribution in [1.82, 2.24) is 9.66 Å². The van der Waals surface area contributed by atoms with E-state index in [1.165, 1.54) is 19.4 Å². The molecule has 0 aliphatic heterocycles. The number of halogens is 1. The van der Waals surface area contributed by atoms with Gasteiger partial charge in [0.05, 0.1) is 29.2 Å². The Bertz CT molecular complexity index is 1860. The Hall–Kier alpha value is -5.23. The summed E-state index contributed by atoms with van der Waals surface area (Å²) in [5.74, 6) is -0.772. The molecule has 5 aromatic rings. The summed E-state index contributed by atoms with van der Waals surface area (Å²) < 4.78 is 17.4. The number of nitrogens with two attached hydrogens (primary N) is 1. The van der Waals surface area contributed by atoms with Crippen LogP contribution in [-0.2, 0) is 4.79 Å². The summed E-state index contributed by atoms with van der Waals surface area (Å²) in [7, 11) is 1.28. The van der Waals surface area contributed by atoms with Gasteiger partial charge in [-0.1, -0.05) is 23.7 Å². The van der Waals surface area contributed by atoms with Gasteiger partial charge in [-0.15, -0.1) is 0 Å². The van der Waals surface area contributed by atoms with Crippen molar-refractivity contribution in [2.45, 2.75) is 0 Å². The van der Waals surface area contributed by atoms with Crippen molar-refractivity contribution in [3.05, 3.63) is 91.7 Å². The number of benzene rings is 3. The number of carbonyl (C=O) groups is 1. The fourth-order valence-electron chi connectivity index (χ4n) is 3.90. The van der Waals surface area contributed by atoms with Crippen molar-refractivity contribution in [3.63, 3.8) is 0 Å². The lowest BCUT2D eigenvalue weighted by Gasteiger charge is -2.11. The minimum absolute atomic E-state index is 0.0368. The molecule has 0 radical (unpaired) electrons. The highest BCUT2D eigenvalue weighted by Crippen LogP contribution is 2.38. The Kier molecular flexibility index (Phi) is 6.69. The molecular weight excluding hydrogens is 530 g/mol. The molecule has 0 unspecified atom stereocenters. The zero-order chi connectivity index (χ0) is 27.7. The Labute approximate surface area is 224 Å². The minimum atomic E-state index is -0.819. The van der Waals surface area contributed by atoms with Crippen LogP contribution in [0.25, 0.3) is 33.5 Å². The minimum Gasteiger partial charge on any atom is -0.493 e. The molecule has 12 nitrogen and oxygen atoms in total. The standard InChI is InChI=1S/C26H18ClN5O7/c1-37-21-9-14(8-19(32(35)36)24(21)38-13-23(28)33)12-29-31-25(30-18-5-3-2-4-17(18)26(31)34)22-11-15-10-16(27)6-7-20(15)39-22/h2-12H,13H2,1H3,(H2,28,33). The first-order chi connectivity index (χ1) is 18.7. The number of aromatic nitrogens is 2. The van der Waals surface area contributed by atoms with E-state index in [2.05, 4.69) is 10.1 Å². The SMILES string of the molecule is COc1cc(C=Nn2c(-c3cc4cc(Cl)ccc4o3)nc3ccccc3c2=O)cc([N+](=O)[O-])c1OCC(N)=O. The van der Waals surface area contributed by atoms with Gasteiger partial charge in [-0.2, -0.15) is 9.78 Å². The highest BCUT2D eigenvalue weighted by Gasteiger charge is 2.23. The van der Waals surface area contributed by atoms with Crippen LogP contribution in [0.5, 0.6) is 11.5 Å². The monoisotopic (exact) mass is 547 g/mol. The number of ether oxygens (including phenoxy) is 2. The molecule has 39 heavy (non-hydrogen) atoms. The van der Waals surface area contributed by atoms with Crippen LogP contribution in [0.15, 0.2) is 75.0 Å². The highest BCUT2D eigenvalue weighted by atomic mass is 35.5. The van der Waals surface area contributed by atoms with Gasteiger partial charge >= 0.3 is 5.69 Å². The summed E-state index contributed by atoms with van der Waals surface area (Å²) in [5.41, 5.74) is 5.27. The number of carbonyl (C=O) groups excluding carboxylic acids is 1. The molecule has 0 aliphatic carbocycles. The molecule has 0 saturated carbocycles. The number of nitro benzene ring substituents is 1. The summed E-state index contributed by atoms with van der Waals surface area (Å²) in [5, 5.41) is 17.5. The van der Waals surface area contributed by atoms with Gasteiger partial charge in [0.25, 0.3) is 11.5 Å². The number of nitrogens with zero attached hydrogens (tertiary/aromatic N) is 4. The van der Waals surface area contributed by atoms with Crippen molar-refractivity contribution in [2.24, 2.45) is 10.8 Å². The normalized spacial score (nSPS) is 11.3. The van der Waals surface area contributed by atoms with Crippen molar-refractivity contribution in [3.8, 4) is 23.1 Å². The number of methoxy groups -OCH3 is 1. The number of fused-ring (bicyclic) bond motifs is 2. The lowest BCUT2D eigenvalue weighted by atomic mass is 10.2. The van der Waals surface area contributed by atoms with Crippen LogP contribution < -0.4 is 20.8 Å². The third-order valence-corrected chi connectivity index (χ3v) is 5.84. The first-order valence-electron chi connectivity index (χ1n) is 11.3. The molecule has 2 aromatic heterocycles.